The summed E-state index contributed by atoms with van der Waals surface area (Å²) in [6, 6.07) is 4.32. The number of piperazine rings is 1. The number of amides is 2. The monoisotopic (exact) mass is 487 g/mol. The predicted octanol–water partition coefficient (Wildman–Crippen LogP) is 0.00520. The highest BCUT2D eigenvalue weighted by Gasteiger charge is 2.27. The highest BCUT2D eigenvalue weighted by molar-refractivity contribution is 7.89. The van der Waals surface area contributed by atoms with Crippen molar-refractivity contribution in [1.82, 2.24) is 19.0 Å². The zero-order chi connectivity index (χ0) is 23.3. The Hall–Kier alpha value is -1.76. The number of ether oxygens (including phenoxy) is 1. The number of anilines is 1. The van der Waals surface area contributed by atoms with Crippen LogP contribution in [-0.2, 0) is 24.3 Å². The molecule has 0 saturated carbocycles. The molecule has 2 saturated heterocycles. The molecule has 2 fully saturated rings. The van der Waals surface area contributed by atoms with E-state index >= 15 is 0 Å². The number of hydrogen-bond donors (Lipinski definition) is 1. The molecule has 1 N–H and O–H groups in total. The van der Waals surface area contributed by atoms with Crippen molar-refractivity contribution in [3.63, 3.8) is 0 Å². The zero-order valence-electron chi connectivity index (χ0n) is 18.4. The average Bonchev–Trinajstić information content (AvgIpc) is 2.77. The van der Waals surface area contributed by atoms with Crippen molar-refractivity contribution >= 4 is 39.1 Å². The van der Waals surface area contributed by atoms with Crippen molar-refractivity contribution in [3.05, 3.63) is 23.2 Å². The van der Waals surface area contributed by atoms with Crippen LogP contribution in [0, 0.1) is 0 Å². The number of carbonyl (C=O) groups is 2. The van der Waals surface area contributed by atoms with Crippen LogP contribution in [0.5, 0.6) is 0 Å². The number of benzene rings is 1. The Morgan fingerprint density at radius 1 is 1.03 bits per heavy atom. The molecule has 0 atom stereocenters. The summed E-state index contributed by atoms with van der Waals surface area (Å²) < 4.78 is 32.3. The van der Waals surface area contributed by atoms with Gasteiger partial charge in [0.05, 0.1) is 41.9 Å². The van der Waals surface area contributed by atoms with Gasteiger partial charge in [-0.2, -0.15) is 4.31 Å². The molecule has 0 aliphatic carbocycles. The minimum atomic E-state index is -3.69. The summed E-state index contributed by atoms with van der Waals surface area (Å²) in [5.74, 6) is -0.219. The maximum absolute atomic E-state index is 12.9. The first-order valence-electron chi connectivity index (χ1n) is 10.5. The van der Waals surface area contributed by atoms with E-state index < -0.39 is 10.0 Å². The first-order valence-corrected chi connectivity index (χ1v) is 12.3. The fraction of sp³-hybridized carbons (Fsp3) is 0.600. The van der Waals surface area contributed by atoms with Gasteiger partial charge in [0.15, 0.2) is 0 Å². The summed E-state index contributed by atoms with van der Waals surface area (Å²) >= 11 is 6.21. The number of hydrogen-bond acceptors (Lipinski definition) is 7. The first kappa shape index (κ1) is 24.9. The van der Waals surface area contributed by atoms with E-state index in [1.807, 2.05) is 4.90 Å². The van der Waals surface area contributed by atoms with E-state index in [1.165, 1.54) is 22.5 Å². The summed E-state index contributed by atoms with van der Waals surface area (Å²) in [5.41, 5.74) is 0.265. The van der Waals surface area contributed by atoms with Gasteiger partial charge in [-0.05, 0) is 18.2 Å². The van der Waals surface area contributed by atoms with Crippen LogP contribution in [0.25, 0.3) is 0 Å². The van der Waals surface area contributed by atoms with Gasteiger partial charge in [-0.25, -0.2) is 8.42 Å². The molecular weight excluding hydrogens is 458 g/mol. The van der Waals surface area contributed by atoms with E-state index in [2.05, 4.69) is 10.2 Å². The predicted molar refractivity (Wildman–Crippen MR) is 121 cm³/mol. The Kier molecular flexibility index (Phi) is 8.48. The summed E-state index contributed by atoms with van der Waals surface area (Å²) in [6.07, 6.45) is 0. The van der Waals surface area contributed by atoms with E-state index in [-0.39, 0.29) is 34.0 Å². The Morgan fingerprint density at radius 2 is 1.62 bits per heavy atom. The van der Waals surface area contributed by atoms with E-state index in [0.717, 1.165) is 0 Å². The van der Waals surface area contributed by atoms with Crippen molar-refractivity contribution in [2.45, 2.75) is 4.90 Å². The maximum Gasteiger partial charge on any atom is 0.243 e. The Balaban J connectivity index is 1.56. The SMILES string of the molecule is CN(C)C(=O)CN1CCN(CC(=O)Nc2cc(S(=O)(=O)N3CCOCC3)ccc2Cl)CC1. The number of sulfonamides is 1. The Morgan fingerprint density at radius 3 is 2.22 bits per heavy atom. The van der Waals surface area contributed by atoms with Gasteiger partial charge in [-0.15, -0.1) is 0 Å². The molecule has 2 aliphatic heterocycles. The first-order chi connectivity index (χ1) is 15.2. The van der Waals surface area contributed by atoms with Gasteiger partial charge in [-0.1, -0.05) is 11.6 Å². The molecule has 10 nitrogen and oxygen atoms in total. The lowest BCUT2D eigenvalue weighted by molar-refractivity contribution is -0.130. The minimum Gasteiger partial charge on any atom is -0.379 e. The van der Waals surface area contributed by atoms with Crippen LogP contribution in [-0.4, -0.2) is 119 Å². The number of rotatable bonds is 7. The zero-order valence-corrected chi connectivity index (χ0v) is 20.0. The normalized spacial score (nSPS) is 19.0. The van der Waals surface area contributed by atoms with Crippen LogP contribution in [0.15, 0.2) is 23.1 Å². The second kappa shape index (κ2) is 10.9. The molecule has 12 heteroatoms. The second-order valence-corrected chi connectivity index (χ2v) is 10.4. The summed E-state index contributed by atoms with van der Waals surface area (Å²) in [7, 11) is -0.227. The molecule has 178 valence electrons. The van der Waals surface area contributed by atoms with E-state index in [4.69, 9.17) is 16.3 Å². The molecule has 3 rings (SSSR count). The third kappa shape index (κ3) is 6.40. The molecule has 2 heterocycles. The highest BCUT2D eigenvalue weighted by Crippen LogP contribution is 2.27. The maximum atomic E-state index is 12.9. The molecule has 1 aromatic carbocycles. The molecule has 1 aromatic rings. The molecule has 32 heavy (non-hydrogen) atoms. The van der Waals surface area contributed by atoms with Crippen LogP contribution >= 0.6 is 11.6 Å². The van der Waals surface area contributed by atoms with Crippen molar-refractivity contribution in [2.24, 2.45) is 0 Å². The van der Waals surface area contributed by atoms with Crippen molar-refractivity contribution < 1.29 is 22.7 Å². The lowest BCUT2D eigenvalue weighted by atomic mass is 10.3. The standard InChI is InChI=1S/C20H30ClN5O5S/c1-23(2)20(28)15-25-7-5-24(6-8-25)14-19(27)22-18-13-16(3-4-17(18)21)32(29,30)26-9-11-31-12-10-26/h3-4,13H,5-12,14-15H2,1-2H3,(H,22,27). The van der Waals surface area contributed by atoms with Gasteiger partial charge in [0, 0.05) is 53.4 Å². The molecule has 0 bridgehead atoms. The number of carbonyl (C=O) groups excluding carboxylic acids is 2. The number of morpholine rings is 1. The number of likely N-dealkylation sites (N-methyl/N-ethyl adjacent to an activating group) is 1. The van der Waals surface area contributed by atoms with Crippen LogP contribution in [0.3, 0.4) is 0 Å². The van der Waals surface area contributed by atoms with Crippen molar-refractivity contribution in [2.75, 3.05) is 85.0 Å². The Labute approximate surface area is 194 Å². The Bertz CT molecular complexity index is 928. The second-order valence-electron chi connectivity index (χ2n) is 8.05. The topological polar surface area (TPSA) is 102 Å². The van der Waals surface area contributed by atoms with Crippen molar-refractivity contribution in [3.8, 4) is 0 Å². The lowest BCUT2D eigenvalue weighted by Gasteiger charge is -2.34. The number of nitrogens with one attached hydrogen (secondary N) is 1. The van der Waals surface area contributed by atoms with E-state index in [9.17, 15) is 18.0 Å². The third-order valence-electron chi connectivity index (χ3n) is 5.51. The molecule has 0 spiro atoms. The van der Waals surface area contributed by atoms with Crippen LogP contribution in [0.2, 0.25) is 5.02 Å². The van der Waals surface area contributed by atoms with Crippen molar-refractivity contribution in [1.29, 1.82) is 0 Å². The van der Waals surface area contributed by atoms with Crippen LogP contribution < -0.4 is 5.32 Å². The molecule has 2 aliphatic rings. The minimum absolute atomic E-state index is 0.0535. The smallest absolute Gasteiger partial charge is 0.243 e. The molecule has 0 unspecified atom stereocenters. The van der Waals surface area contributed by atoms with Gasteiger partial charge in [0.2, 0.25) is 21.8 Å². The quantitative estimate of drug-likeness (QED) is 0.577. The van der Waals surface area contributed by atoms with Crippen LogP contribution in [0.1, 0.15) is 0 Å². The number of nitrogens with zero attached hydrogens (tertiary/aromatic N) is 4. The molecule has 2 amide bonds. The van der Waals surface area contributed by atoms with Gasteiger partial charge in [0.25, 0.3) is 0 Å². The van der Waals surface area contributed by atoms with Gasteiger partial charge < -0.3 is 15.0 Å². The summed E-state index contributed by atoms with van der Waals surface area (Å²) in [4.78, 5) is 30.1. The molecular formula is C20H30ClN5O5S. The van der Waals surface area contributed by atoms with Gasteiger partial charge >= 0.3 is 0 Å². The summed E-state index contributed by atoms with van der Waals surface area (Å²) in [6.45, 7) is 4.53. The van der Waals surface area contributed by atoms with Crippen LogP contribution in [0.4, 0.5) is 5.69 Å². The highest BCUT2D eigenvalue weighted by atomic mass is 35.5. The van der Waals surface area contributed by atoms with E-state index in [0.29, 0.717) is 59.0 Å². The lowest BCUT2D eigenvalue weighted by Crippen LogP contribution is -2.50. The van der Waals surface area contributed by atoms with Gasteiger partial charge in [-0.3, -0.25) is 19.4 Å². The third-order valence-corrected chi connectivity index (χ3v) is 7.73. The fourth-order valence-corrected chi connectivity index (χ4v) is 5.13. The molecule has 0 radical (unpaired) electrons. The average molecular weight is 488 g/mol. The largest absolute Gasteiger partial charge is 0.379 e. The van der Waals surface area contributed by atoms with E-state index in [1.54, 1.807) is 19.0 Å². The fourth-order valence-electron chi connectivity index (χ4n) is 3.53. The summed E-state index contributed by atoms with van der Waals surface area (Å²) in [5, 5.41) is 3.01. The van der Waals surface area contributed by atoms with Gasteiger partial charge in [0.1, 0.15) is 0 Å². The number of halogens is 1. The molecule has 0 aromatic heterocycles.